The van der Waals surface area contributed by atoms with Gasteiger partial charge in [-0.15, -0.1) is 0 Å². The number of rotatable bonds is 7. The van der Waals surface area contributed by atoms with Gasteiger partial charge in [-0.05, 0) is 23.8 Å². The molecule has 0 aromatic heterocycles. The van der Waals surface area contributed by atoms with E-state index in [1.54, 1.807) is 30.3 Å². The van der Waals surface area contributed by atoms with Crippen molar-refractivity contribution in [3.8, 4) is 0 Å². The van der Waals surface area contributed by atoms with Crippen molar-refractivity contribution in [2.45, 2.75) is 13.1 Å². The van der Waals surface area contributed by atoms with Crippen LogP contribution in [-0.2, 0) is 25.3 Å². The number of alkyl halides is 3. The summed E-state index contributed by atoms with van der Waals surface area (Å²) in [6.07, 6.45) is -3.50. The SMILES string of the molecule is CC(=O)N/C(=C\c1ccccc1)C(=O)OCC(=O)Nc1ccc(C(F)(F)F)cc1[N+](=O)[O-]. The van der Waals surface area contributed by atoms with Crippen molar-refractivity contribution in [3.63, 3.8) is 0 Å². The molecule has 0 saturated heterocycles. The Hall–Kier alpha value is -4.22. The van der Waals surface area contributed by atoms with Gasteiger partial charge in [0, 0.05) is 13.0 Å². The molecule has 9 nitrogen and oxygen atoms in total. The number of ether oxygens (including phenoxy) is 1. The monoisotopic (exact) mass is 451 g/mol. The topological polar surface area (TPSA) is 128 Å². The molecule has 2 aromatic carbocycles. The van der Waals surface area contributed by atoms with E-state index >= 15 is 0 Å². The van der Waals surface area contributed by atoms with E-state index in [4.69, 9.17) is 4.74 Å². The summed E-state index contributed by atoms with van der Waals surface area (Å²) in [5.74, 6) is -2.68. The number of nitro benzene ring substituents is 1. The van der Waals surface area contributed by atoms with Gasteiger partial charge in [0.1, 0.15) is 11.4 Å². The van der Waals surface area contributed by atoms with Crippen molar-refractivity contribution >= 4 is 35.2 Å². The second-order valence-corrected chi connectivity index (χ2v) is 6.26. The Morgan fingerprint density at radius 2 is 1.78 bits per heavy atom. The van der Waals surface area contributed by atoms with Crippen LogP contribution in [0, 0.1) is 10.1 Å². The molecule has 0 spiro atoms. The first kappa shape index (κ1) is 24.1. The van der Waals surface area contributed by atoms with Crippen LogP contribution in [0.25, 0.3) is 6.08 Å². The Bertz CT molecular complexity index is 1070. The summed E-state index contributed by atoms with van der Waals surface area (Å²) in [6, 6.07) is 9.96. The molecule has 0 heterocycles. The zero-order valence-electron chi connectivity index (χ0n) is 16.4. The van der Waals surface area contributed by atoms with Crippen molar-refractivity contribution in [2.24, 2.45) is 0 Å². The Labute approximate surface area is 179 Å². The number of carbonyl (C=O) groups excluding carboxylic acids is 3. The smallest absolute Gasteiger partial charge is 0.416 e. The number of carbonyl (C=O) groups is 3. The highest BCUT2D eigenvalue weighted by Crippen LogP contribution is 2.34. The maximum atomic E-state index is 12.8. The minimum absolute atomic E-state index is 0.267. The van der Waals surface area contributed by atoms with E-state index in [9.17, 15) is 37.7 Å². The number of halogens is 3. The molecular weight excluding hydrogens is 435 g/mol. The lowest BCUT2D eigenvalue weighted by Gasteiger charge is -2.11. The number of nitro groups is 1. The van der Waals surface area contributed by atoms with Crippen molar-refractivity contribution in [3.05, 3.63) is 75.5 Å². The van der Waals surface area contributed by atoms with E-state index in [0.29, 0.717) is 11.6 Å². The van der Waals surface area contributed by atoms with Gasteiger partial charge < -0.3 is 15.4 Å². The molecule has 0 aliphatic rings. The lowest BCUT2D eigenvalue weighted by atomic mass is 10.1. The number of hydrogen-bond acceptors (Lipinski definition) is 6. The Balaban J connectivity index is 2.11. The van der Waals surface area contributed by atoms with Gasteiger partial charge in [-0.25, -0.2) is 4.79 Å². The second-order valence-electron chi connectivity index (χ2n) is 6.26. The van der Waals surface area contributed by atoms with E-state index < -0.39 is 52.4 Å². The lowest BCUT2D eigenvalue weighted by Crippen LogP contribution is -2.29. The molecule has 12 heteroatoms. The number of amides is 2. The van der Waals surface area contributed by atoms with Crippen LogP contribution < -0.4 is 10.6 Å². The van der Waals surface area contributed by atoms with Crippen molar-refractivity contribution < 1.29 is 37.2 Å². The molecule has 0 aliphatic carbocycles. The molecule has 32 heavy (non-hydrogen) atoms. The van der Waals surface area contributed by atoms with Gasteiger partial charge in [0.2, 0.25) is 5.91 Å². The third-order valence-corrected chi connectivity index (χ3v) is 3.77. The number of nitrogens with one attached hydrogen (secondary N) is 2. The fourth-order valence-corrected chi connectivity index (χ4v) is 2.41. The summed E-state index contributed by atoms with van der Waals surface area (Å²) in [5, 5.41) is 15.4. The normalized spacial score (nSPS) is 11.4. The summed E-state index contributed by atoms with van der Waals surface area (Å²) in [5.41, 5.74) is -2.47. The highest BCUT2D eigenvalue weighted by atomic mass is 19.4. The minimum atomic E-state index is -4.81. The van der Waals surface area contributed by atoms with E-state index in [1.165, 1.54) is 6.08 Å². The molecule has 168 valence electrons. The predicted molar refractivity (Wildman–Crippen MR) is 106 cm³/mol. The van der Waals surface area contributed by atoms with Crippen LogP contribution in [0.15, 0.2) is 54.2 Å². The van der Waals surface area contributed by atoms with E-state index in [2.05, 4.69) is 5.32 Å². The quantitative estimate of drug-likeness (QED) is 0.288. The zero-order chi connectivity index (χ0) is 23.9. The molecule has 0 atom stereocenters. The highest BCUT2D eigenvalue weighted by Gasteiger charge is 2.33. The van der Waals surface area contributed by atoms with E-state index in [-0.39, 0.29) is 11.8 Å². The summed E-state index contributed by atoms with van der Waals surface area (Å²) >= 11 is 0. The molecular formula is C20H16F3N3O6. The van der Waals surface area contributed by atoms with E-state index in [0.717, 1.165) is 13.0 Å². The zero-order valence-corrected chi connectivity index (χ0v) is 16.4. The maximum Gasteiger partial charge on any atom is 0.416 e. The Morgan fingerprint density at radius 3 is 2.34 bits per heavy atom. The molecule has 0 radical (unpaired) electrons. The van der Waals surface area contributed by atoms with Crippen molar-refractivity contribution in [2.75, 3.05) is 11.9 Å². The third kappa shape index (κ3) is 6.93. The van der Waals surface area contributed by atoms with Gasteiger partial charge in [-0.1, -0.05) is 30.3 Å². The molecule has 2 N–H and O–H groups in total. The van der Waals surface area contributed by atoms with Crippen molar-refractivity contribution in [1.29, 1.82) is 0 Å². The van der Waals surface area contributed by atoms with Gasteiger partial charge in [-0.2, -0.15) is 13.2 Å². The summed E-state index contributed by atoms with van der Waals surface area (Å²) < 4.78 is 43.1. The van der Waals surface area contributed by atoms with Gasteiger partial charge >= 0.3 is 12.1 Å². The first-order chi connectivity index (χ1) is 15.0. The number of esters is 1. The summed E-state index contributed by atoms with van der Waals surface area (Å²) in [4.78, 5) is 45.6. The molecule has 2 rings (SSSR count). The predicted octanol–water partition coefficient (Wildman–Crippen LogP) is 3.27. The van der Waals surface area contributed by atoms with Crippen LogP contribution in [0.2, 0.25) is 0 Å². The molecule has 2 aromatic rings. The fraction of sp³-hybridized carbons (Fsp3) is 0.150. The first-order valence-corrected chi connectivity index (χ1v) is 8.84. The van der Waals surface area contributed by atoms with Crippen LogP contribution in [0.4, 0.5) is 24.5 Å². The van der Waals surface area contributed by atoms with Crippen LogP contribution in [0.1, 0.15) is 18.1 Å². The second kappa shape index (κ2) is 10.2. The maximum absolute atomic E-state index is 12.8. The largest absolute Gasteiger partial charge is 0.451 e. The number of hydrogen-bond donors (Lipinski definition) is 2. The molecule has 0 saturated carbocycles. The molecule has 0 fully saturated rings. The Kier molecular flexibility index (Phi) is 7.66. The van der Waals surface area contributed by atoms with Crippen LogP contribution in [-0.4, -0.2) is 29.3 Å². The third-order valence-electron chi connectivity index (χ3n) is 3.77. The lowest BCUT2D eigenvalue weighted by molar-refractivity contribution is -0.384. The average molecular weight is 451 g/mol. The molecule has 0 unspecified atom stereocenters. The number of nitrogens with zero attached hydrogens (tertiary/aromatic N) is 1. The van der Waals surface area contributed by atoms with Gasteiger partial charge in [0.25, 0.3) is 11.6 Å². The minimum Gasteiger partial charge on any atom is -0.451 e. The first-order valence-electron chi connectivity index (χ1n) is 8.84. The van der Waals surface area contributed by atoms with Gasteiger partial charge in [0.15, 0.2) is 6.61 Å². The van der Waals surface area contributed by atoms with E-state index in [1.807, 2.05) is 5.32 Å². The number of benzene rings is 2. The highest BCUT2D eigenvalue weighted by molar-refractivity contribution is 6.00. The van der Waals surface area contributed by atoms with Crippen LogP contribution in [0.3, 0.4) is 0 Å². The molecule has 0 bridgehead atoms. The van der Waals surface area contributed by atoms with Gasteiger partial charge in [-0.3, -0.25) is 19.7 Å². The molecule has 0 aliphatic heterocycles. The summed E-state index contributed by atoms with van der Waals surface area (Å²) in [6.45, 7) is 0.241. The summed E-state index contributed by atoms with van der Waals surface area (Å²) in [7, 11) is 0. The average Bonchev–Trinajstić information content (AvgIpc) is 2.71. The standard InChI is InChI=1S/C20H16F3N3O6/c1-12(27)24-16(9-13-5-3-2-4-6-13)19(29)32-11-18(28)25-15-8-7-14(20(21,22)23)10-17(15)26(30)31/h2-10H,11H2,1H3,(H,24,27)(H,25,28)/b16-9-. The van der Waals surface area contributed by atoms with Crippen LogP contribution >= 0.6 is 0 Å². The Morgan fingerprint density at radius 1 is 1.12 bits per heavy atom. The fourth-order valence-electron chi connectivity index (χ4n) is 2.41. The van der Waals surface area contributed by atoms with Crippen LogP contribution in [0.5, 0.6) is 0 Å². The number of anilines is 1. The van der Waals surface area contributed by atoms with Gasteiger partial charge in [0.05, 0.1) is 10.5 Å². The molecule has 2 amide bonds. The van der Waals surface area contributed by atoms with Crippen molar-refractivity contribution in [1.82, 2.24) is 5.32 Å².